The molecule has 6 heavy (non-hydrogen) atoms. The van der Waals surface area contributed by atoms with E-state index in [1.54, 1.807) is 0 Å². The lowest BCUT2D eigenvalue weighted by Gasteiger charge is -1.70. The average molecular weight is 84.1 g/mol. The minimum Gasteiger partial charge on any atom is -0.274 e. The summed E-state index contributed by atoms with van der Waals surface area (Å²) in [6, 6.07) is 0. The molecule has 0 spiro atoms. The van der Waals surface area contributed by atoms with Crippen molar-refractivity contribution in [3.05, 3.63) is 0 Å². The molecule has 0 aromatic rings. The van der Waals surface area contributed by atoms with Gasteiger partial charge in [-0.3, -0.25) is 9.98 Å². The first-order valence-corrected chi connectivity index (χ1v) is 1.86. The molecule has 0 aromatic heterocycles. The molecule has 0 amide bonds. The van der Waals surface area contributed by atoms with Gasteiger partial charge in [-0.05, 0) is 13.6 Å². The van der Waals surface area contributed by atoms with Crippen molar-refractivity contribution in [1.82, 2.24) is 0 Å². The number of hydrogen-bond donors (Lipinski definition) is 0. The lowest BCUT2D eigenvalue weighted by atomic mass is 10.8. The van der Waals surface area contributed by atoms with E-state index in [4.69, 9.17) is 0 Å². The summed E-state index contributed by atoms with van der Waals surface area (Å²) in [4.78, 5) is 7.12. The zero-order valence-corrected chi connectivity index (χ0v) is 3.89. The number of aliphatic imine (C=N–C) groups is 2. The summed E-state index contributed by atoms with van der Waals surface area (Å²) in [6.07, 6.45) is 1.44. The lowest BCUT2D eigenvalue weighted by Crippen LogP contribution is -1.65. The van der Waals surface area contributed by atoms with Crippen molar-refractivity contribution < 1.29 is 0 Å². The molecule has 0 aromatic carbocycles. The normalized spacial score (nSPS) is 9.50. The van der Waals surface area contributed by atoms with Crippen molar-refractivity contribution in [2.75, 3.05) is 6.54 Å². The van der Waals surface area contributed by atoms with Crippen LogP contribution in [0.5, 0.6) is 0 Å². The molecule has 0 saturated carbocycles. The minimum atomic E-state index is 0.791. The summed E-state index contributed by atoms with van der Waals surface area (Å²) < 4.78 is 0. The topological polar surface area (TPSA) is 24.7 Å². The Morgan fingerprint density at radius 1 is 1.83 bits per heavy atom. The van der Waals surface area contributed by atoms with Crippen molar-refractivity contribution in [2.45, 2.75) is 6.92 Å². The highest BCUT2D eigenvalue weighted by molar-refractivity contribution is 5.61. The average Bonchev–Trinajstić information content (AvgIpc) is 1.61. The molecule has 2 nitrogen and oxygen atoms in total. The van der Waals surface area contributed by atoms with E-state index in [1.165, 1.54) is 6.34 Å². The first-order valence-electron chi connectivity index (χ1n) is 1.86. The van der Waals surface area contributed by atoms with Gasteiger partial charge in [-0.25, -0.2) is 0 Å². The summed E-state index contributed by atoms with van der Waals surface area (Å²) in [7, 11) is 0. The molecule has 0 aliphatic carbocycles. The van der Waals surface area contributed by atoms with E-state index in [-0.39, 0.29) is 0 Å². The SMILES string of the molecule is C=N/C=N\CC. The Labute approximate surface area is 37.6 Å². The van der Waals surface area contributed by atoms with Crippen LogP contribution in [-0.2, 0) is 0 Å². The standard InChI is InChI=1S/C4H8N2/c1-3-6-4-5-2/h4H,2-3H2,1H3/b6-4-. The van der Waals surface area contributed by atoms with Crippen LogP contribution in [0.1, 0.15) is 6.92 Å². The molecule has 0 atom stereocenters. The van der Waals surface area contributed by atoms with Crippen LogP contribution in [-0.4, -0.2) is 19.6 Å². The van der Waals surface area contributed by atoms with E-state index in [0.717, 1.165) is 6.54 Å². The summed E-state index contributed by atoms with van der Waals surface area (Å²) in [5.41, 5.74) is 0. The van der Waals surface area contributed by atoms with Crippen LogP contribution in [0.3, 0.4) is 0 Å². The molecule has 0 radical (unpaired) electrons. The Morgan fingerprint density at radius 3 is 2.67 bits per heavy atom. The molecule has 0 aliphatic rings. The van der Waals surface area contributed by atoms with Crippen LogP contribution in [0, 0.1) is 0 Å². The van der Waals surface area contributed by atoms with Crippen molar-refractivity contribution in [1.29, 1.82) is 0 Å². The molecule has 0 rings (SSSR count). The van der Waals surface area contributed by atoms with Crippen LogP contribution in [0.15, 0.2) is 9.98 Å². The smallest absolute Gasteiger partial charge is 0.109 e. The maximum Gasteiger partial charge on any atom is 0.109 e. The molecule has 2 heteroatoms. The second kappa shape index (κ2) is 4.34. The Balaban J connectivity index is 2.94. The Hall–Kier alpha value is -0.660. The van der Waals surface area contributed by atoms with Gasteiger partial charge in [0.15, 0.2) is 0 Å². The highest BCUT2D eigenvalue weighted by Crippen LogP contribution is 1.59. The summed E-state index contributed by atoms with van der Waals surface area (Å²) in [5, 5.41) is 0. The Morgan fingerprint density at radius 2 is 2.50 bits per heavy atom. The van der Waals surface area contributed by atoms with E-state index >= 15 is 0 Å². The first-order chi connectivity index (χ1) is 2.91. The molecule has 0 heterocycles. The summed E-state index contributed by atoms with van der Waals surface area (Å²) >= 11 is 0. The lowest BCUT2D eigenvalue weighted by molar-refractivity contribution is 1.14. The van der Waals surface area contributed by atoms with Gasteiger partial charge in [0.2, 0.25) is 0 Å². The second-order valence-corrected chi connectivity index (χ2v) is 0.797. The molecule has 0 bridgehead atoms. The monoisotopic (exact) mass is 84.1 g/mol. The highest BCUT2D eigenvalue weighted by Gasteiger charge is 1.54. The molecule has 0 aliphatic heterocycles. The maximum absolute atomic E-state index is 3.74. The van der Waals surface area contributed by atoms with E-state index in [2.05, 4.69) is 16.7 Å². The minimum absolute atomic E-state index is 0.791. The molecular formula is C4H8N2. The zero-order valence-electron chi connectivity index (χ0n) is 3.89. The van der Waals surface area contributed by atoms with Gasteiger partial charge in [-0.2, -0.15) is 0 Å². The van der Waals surface area contributed by atoms with Crippen molar-refractivity contribution in [3.8, 4) is 0 Å². The fraction of sp³-hybridized carbons (Fsp3) is 0.500. The third kappa shape index (κ3) is 3.34. The second-order valence-electron chi connectivity index (χ2n) is 0.797. The van der Waals surface area contributed by atoms with E-state index in [1.807, 2.05) is 6.92 Å². The molecule has 0 unspecified atom stereocenters. The summed E-state index contributed by atoms with van der Waals surface area (Å²) in [5.74, 6) is 0. The molecule has 0 fully saturated rings. The predicted octanol–water partition coefficient (Wildman–Crippen LogP) is 0.735. The van der Waals surface area contributed by atoms with Gasteiger partial charge in [0.1, 0.15) is 6.34 Å². The van der Waals surface area contributed by atoms with Crippen molar-refractivity contribution >= 4 is 13.1 Å². The van der Waals surface area contributed by atoms with Gasteiger partial charge in [0, 0.05) is 6.54 Å². The molecule has 0 saturated heterocycles. The summed E-state index contributed by atoms with van der Waals surface area (Å²) in [6.45, 7) is 5.94. The highest BCUT2D eigenvalue weighted by atomic mass is 14.8. The largest absolute Gasteiger partial charge is 0.274 e. The number of rotatable bonds is 2. The van der Waals surface area contributed by atoms with Crippen LogP contribution in [0.4, 0.5) is 0 Å². The van der Waals surface area contributed by atoms with Crippen LogP contribution in [0.2, 0.25) is 0 Å². The predicted molar refractivity (Wildman–Crippen MR) is 28.6 cm³/mol. The van der Waals surface area contributed by atoms with Gasteiger partial charge in [-0.15, -0.1) is 0 Å². The Kier molecular flexibility index (Phi) is 3.86. The number of hydrogen-bond acceptors (Lipinski definition) is 1. The molecular weight excluding hydrogens is 76.1 g/mol. The van der Waals surface area contributed by atoms with Gasteiger partial charge < -0.3 is 0 Å². The molecule has 34 valence electrons. The Bertz CT molecular complexity index is 56.6. The number of nitrogens with zero attached hydrogens (tertiary/aromatic N) is 2. The fourth-order valence-electron chi connectivity index (χ4n) is 0.139. The van der Waals surface area contributed by atoms with Crippen molar-refractivity contribution in [2.24, 2.45) is 9.98 Å². The quantitative estimate of drug-likeness (QED) is 0.348. The van der Waals surface area contributed by atoms with E-state index < -0.39 is 0 Å². The van der Waals surface area contributed by atoms with Gasteiger partial charge in [-0.1, -0.05) is 0 Å². The zero-order chi connectivity index (χ0) is 4.83. The van der Waals surface area contributed by atoms with Crippen LogP contribution in [0.25, 0.3) is 0 Å². The maximum atomic E-state index is 3.74. The van der Waals surface area contributed by atoms with Crippen molar-refractivity contribution in [3.63, 3.8) is 0 Å². The van der Waals surface area contributed by atoms with Crippen LogP contribution >= 0.6 is 0 Å². The van der Waals surface area contributed by atoms with Crippen LogP contribution < -0.4 is 0 Å². The van der Waals surface area contributed by atoms with E-state index in [9.17, 15) is 0 Å². The molecule has 0 N–H and O–H groups in total. The third-order valence-electron chi connectivity index (χ3n) is 0.346. The third-order valence-corrected chi connectivity index (χ3v) is 0.346. The van der Waals surface area contributed by atoms with Gasteiger partial charge in [0.25, 0.3) is 0 Å². The van der Waals surface area contributed by atoms with Gasteiger partial charge >= 0.3 is 0 Å². The van der Waals surface area contributed by atoms with E-state index in [0.29, 0.717) is 0 Å². The first kappa shape index (κ1) is 5.34. The fourth-order valence-corrected chi connectivity index (χ4v) is 0.139. The van der Waals surface area contributed by atoms with Gasteiger partial charge in [0.05, 0.1) is 0 Å².